The second-order valence-electron chi connectivity index (χ2n) is 8.57. The van der Waals surface area contributed by atoms with Crippen molar-refractivity contribution in [2.24, 2.45) is 0 Å². The maximum Gasteiger partial charge on any atom is 0.247 e. The van der Waals surface area contributed by atoms with Gasteiger partial charge in [0.05, 0.1) is 48.3 Å². The highest BCUT2D eigenvalue weighted by molar-refractivity contribution is 5.87. The van der Waals surface area contributed by atoms with E-state index in [1.165, 1.54) is 19.1 Å². The minimum absolute atomic E-state index is 0. The van der Waals surface area contributed by atoms with Crippen LogP contribution in [0.15, 0.2) is 37.5 Å². The highest BCUT2D eigenvalue weighted by atomic mass is 35.5. The van der Waals surface area contributed by atoms with Gasteiger partial charge in [0.2, 0.25) is 11.8 Å². The number of aliphatic carboxylic acids is 1. The molecule has 2 N–H and O–H groups in total. The average molecular weight is 463 g/mol. The Bertz CT molecular complexity index is 541. The number of amides is 2. The van der Waals surface area contributed by atoms with Crippen molar-refractivity contribution >= 4 is 17.8 Å². The van der Waals surface area contributed by atoms with Crippen LogP contribution in [0.4, 0.5) is 0 Å². The highest BCUT2D eigenvalue weighted by Crippen LogP contribution is 2.03. The molecule has 0 aliphatic heterocycles. The number of nitrogens with zero attached hydrogens (tertiary/aromatic N) is 2. The zero-order valence-electron chi connectivity index (χ0n) is 20.8. The molecular weight excluding hydrogens is 420 g/mol. The van der Waals surface area contributed by atoms with Crippen LogP contribution in [0, 0.1) is 0 Å². The molecule has 2 amide bonds. The third-order valence-electron chi connectivity index (χ3n) is 3.98. The Hall–Kier alpha value is -2.16. The Kier molecular flexibility index (Phi) is 20.5. The summed E-state index contributed by atoms with van der Waals surface area (Å²) >= 11 is 0. The average Bonchev–Trinajstić information content (AvgIpc) is 2.62. The van der Waals surface area contributed by atoms with Gasteiger partial charge in [-0.1, -0.05) is 33.6 Å². The van der Waals surface area contributed by atoms with Crippen molar-refractivity contribution in [2.45, 2.75) is 45.9 Å². The number of carboxylic acids is 1. The van der Waals surface area contributed by atoms with Gasteiger partial charge in [-0.25, -0.2) is 0 Å². The van der Waals surface area contributed by atoms with Gasteiger partial charge in [-0.15, -0.1) is 0 Å². The van der Waals surface area contributed by atoms with E-state index >= 15 is 0 Å². The summed E-state index contributed by atoms with van der Waals surface area (Å²) in [4.78, 5) is 31.5. The summed E-state index contributed by atoms with van der Waals surface area (Å²) in [5.74, 6) is -1.39. The van der Waals surface area contributed by atoms with Crippen LogP contribution in [0.1, 0.15) is 33.6 Å². The molecule has 9 heteroatoms. The summed E-state index contributed by atoms with van der Waals surface area (Å²) in [5.41, 5.74) is 0.0648. The summed E-state index contributed by atoms with van der Waals surface area (Å²) < 4.78 is 1.46. The first-order chi connectivity index (χ1) is 13.5. The Balaban J connectivity index is -0.000000183. The molecule has 182 valence electrons. The van der Waals surface area contributed by atoms with E-state index in [1.54, 1.807) is 0 Å². The zero-order valence-corrected chi connectivity index (χ0v) is 21.5. The smallest absolute Gasteiger partial charge is 0.247 e. The minimum Gasteiger partial charge on any atom is -1.00 e. The molecule has 0 saturated carbocycles. The number of rotatable bonds is 9. The Morgan fingerprint density at radius 3 is 1.16 bits per heavy atom. The summed E-state index contributed by atoms with van der Waals surface area (Å²) in [5, 5.41) is 15.2. The van der Waals surface area contributed by atoms with Crippen LogP contribution in [-0.4, -0.2) is 81.4 Å². The monoisotopic (exact) mass is 462 g/mol. The van der Waals surface area contributed by atoms with Gasteiger partial charge in [0.25, 0.3) is 0 Å². The number of halogens is 1. The molecule has 0 aromatic heterocycles. The van der Waals surface area contributed by atoms with Gasteiger partial charge in [-0.3, -0.25) is 9.59 Å². The fourth-order valence-corrected chi connectivity index (χ4v) is 2.13. The molecular formula is C22H43ClN4O4. The van der Waals surface area contributed by atoms with Crippen molar-refractivity contribution in [3.05, 3.63) is 37.5 Å². The molecule has 0 heterocycles. The number of carboxylic acid groups (broad SMARTS) is 1. The van der Waals surface area contributed by atoms with Crippen molar-refractivity contribution in [3.63, 3.8) is 0 Å². The zero-order chi connectivity index (χ0) is 24.7. The number of nitrogens with one attached hydrogen (secondary N) is 2. The topological polar surface area (TPSA) is 98.3 Å². The molecule has 0 bridgehead atoms. The molecule has 2 atom stereocenters. The predicted octanol–water partition coefficient (Wildman–Crippen LogP) is -2.22. The fraction of sp³-hybridized carbons (Fsp3) is 0.591. The minimum atomic E-state index is -1.19. The first kappa shape index (κ1) is 36.2. The van der Waals surface area contributed by atoms with E-state index in [0.29, 0.717) is 0 Å². The van der Waals surface area contributed by atoms with Gasteiger partial charge in [-0.2, -0.15) is 0 Å². The number of carbonyl (C=O) groups is 3. The number of hydrogen-bond donors (Lipinski definition) is 2. The third kappa shape index (κ3) is 20.9. The summed E-state index contributed by atoms with van der Waals surface area (Å²) in [6.45, 7) is 15.4. The second-order valence-corrected chi connectivity index (χ2v) is 8.57. The van der Waals surface area contributed by atoms with Crippen molar-refractivity contribution < 1.29 is 40.9 Å². The normalized spacial score (nSPS) is 12.0. The van der Waals surface area contributed by atoms with E-state index in [0.717, 1.165) is 21.8 Å². The van der Waals surface area contributed by atoms with Gasteiger partial charge in [0, 0.05) is 12.8 Å². The molecule has 0 fully saturated rings. The first-order valence-corrected chi connectivity index (χ1v) is 9.82. The molecule has 0 radical (unpaired) electrons. The summed E-state index contributed by atoms with van der Waals surface area (Å²) in [7, 11) is 12.3. The van der Waals surface area contributed by atoms with Crippen LogP contribution >= 0.6 is 0 Å². The van der Waals surface area contributed by atoms with Crippen LogP contribution in [-0.2, 0) is 14.4 Å². The van der Waals surface area contributed by atoms with Crippen LogP contribution in [0.5, 0.6) is 0 Å². The molecule has 0 rings (SSSR count). The lowest BCUT2D eigenvalue weighted by molar-refractivity contribution is -0.898. The number of quaternary nitrogens is 2. The Labute approximate surface area is 195 Å². The highest BCUT2D eigenvalue weighted by Gasteiger charge is 2.22. The Morgan fingerprint density at radius 1 is 0.839 bits per heavy atom. The number of carbonyl (C=O) groups excluding carboxylic acids is 3. The quantitative estimate of drug-likeness (QED) is 0.230. The van der Waals surface area contributed by atoms with Gasteiger partial charge >= 0.3 is 0 Å². The maximum absolute atomic E-state index is 11.0. The molecule has 31 heavy (non-hydrogen) atoms. The summed E-state index contributed by atoms with van der Waals surface area (Å²) in [6, 6.07) is 0. The molecule has 0 spiro atoms. The number of hydrogen-bond acceptors (Lipinski definition) is 4. The van der Waals surface area contributed by atoms with E-state index in [1.807, 2.05) is 0 Å². The maximum atomic E-state index is 11.0. The lowest BCUT2D eigenvalue weighted by atomic mass is 10.3. The van der Waals surface area contributed by atoms with Crippen LogP contribution in [0.2, 0.25) is 0 Å². The SMILES string of the molecule is C=C(C)C(=O)[O-].C=CC(=O)NC(CC)[N+](C)(C)C.C=CC(=O)NC(CC)[N+](C)(C)C.[Cl-]. The van der Waals surface area contributed by atoms with Gasteiger partial charge in [-0.05, 0) is 24.6 Å². The molecule has 0 aromatic carbocycles. The molecule has 2 unspecified atom stereocenters. The third-order valence-corrected chi connectivity index (χ3v) is 3.98. The lowest BCUT2D eigenvalue weighted by Gasteiger charge is -2.33. The van der Waals surface area contributed by atoms with Crippen LogP contribution in [0.3, 0.4) is 0 Å². The van der Waals surface area contributed by atoms with E-state index in [-0.39, 0.29) is 42.1 Å². The van der Waals surface area contributed by atoms with Gasteiger partial charge in [0.15, 0.2) is 12.3 Å². The molecule has 0 aromatic rings. The van der Waals surface area contributed by atoms with Crippen molar-refractivity contribution in [2.75, 3.05) is 42.3 Å². The molecule has 0 saturated heterocycles. The van der Waals surface area contributed by atoms with Crippen LogP contribution < -0.4 is 28.1 Å². The molecule has 8 nitrogen and oxygen atoms in total. The van der Waals surface area contributed by atoms with Crippen molar-refractivity contribution in [1.29, 1.82) is 0 Å². The lowest BCUT2D eigenvalue weighted by Crippen LogP contribution is -3.00. The fourth-order valence-electron chi connectivity index (χ4n) is 2.13. The molecule has 0 aliphatic rings. The van der Waals surface area contributed by atoms with Gasteiger partial charge in [0.1, 0.15) is 0 Å². The van der Waals surface area contributed by atoms with Crippen LogP contribution in [0.25, 0.3) is 0 Å². The molecule has 0 aliphatic carbocycles. The second kappa shape index (κ2) is 17.5. The van der Waals surface area contributed by atoms with Crippen molar-refractivity contribution in [1.82, 2.24) is 10.6 Å². The summed E-state index contributed by atoms with van der Waals surface area (Å²) in [6.07, 6.45) is 4.77. The predicted molar refractivity (Wildman–Crippen MR) is 121 cm³/mol. The standard InChI is InChI=1S/2C9H18N2O.C4H6O2.ClH/c2*1-6-8(11(3,4)5)10-9(12)7-2;1-3(2)4(5)6;/h2*7-8H,2,6H2,1,3-5H3;1H2,2H3,(H,5,6);1H. The van der Waals surface area contributed by atoms with Crippen molar-refractivity contribution in [3.8, 4) is 0 Å². The van der Waals surface area contributed by atoms with Gasteiger partial charge < -0.3 is 41.9 Å². The largest absolute Gasteiger partial charge is 1.00 e. The first-order valence-electron chi connectivity index (χ1n) is 9.82. The van der Waals surface area contributed by atoms with E-state index in [2.05, 4.69) is 86.5 Å². The Morgan fingerprint density at radius 2 is 1.06 bits per heavy atom. The van der Waals surface area contributed by atoms with E-state index in [4.69, 9.17) is 0 Å². The van der Waals surface area contributed by atoms with E-state index < -0.39 is 5.97 Å². The van der Waals surface area contributed by atoms with E-state index in [9.17, 15) is 19.5 Å².